The number of nitrogens with one attached hydrogen (secondary N) is 3. The van der Waals surface area contributed by atoms with Crippen molar-refractivity contribution in [1.29, 1.82) is 0 Å². The molecule has 132 valence electrons. The Morgan fingerprint density at radius 2 is 1.92 bits per heavy atom. The van der Waals surface area contributed by atoms with Gasteiger partial charge in [0.2, 0.25) is 0 Å². The normalized spacial score (nSPS) is 14.9. The Balaban J connectivity index is 1.58. The van der Waals surface area contributed by atoms with Crippen LogP contribution < -0.4 is 16.0 Å². The molecule has 0 bridgehead atoms. The van der Waals surface area contributed by atoms with Crippen LogP contribution in [0.5, 0.6) is 0 Å². The van der Waals surface area contributed by atoms with Gasteiger partial charge in [-0.05, 0) is 55.6 Å². The minimum atomic E-state index is -0.356. The first-order chi connectivity index (χ1) is 12.8. The first kappa shape index (κ1) is 16.4. The van der Waals surface area contributed by atoms with Crippen LogP contribution in [0.15, 0.2) is 49.1 Å². The van der Waals surface area contributed by atoms with E-state index in [1.807, 2.05) is 12.1 Å². The molecule has 0 aliphatic carbocycles. The zero-order chi connectivity index (χ0) is 17.8. The molecule has 1 fully saturated rings. The second-order valence-electron chi connectivity index (χ2n) is 6.33. The fourth-order valence-electron chi connectivity index (χ4n) is 3.32. The van der Waals surface area contributed by atoms with Crippen molar-refractivity contribution in [2.75, 3.05) is 23.7 Å². The number of fused-ring (bicyclic) bond motifs is 1. The lowest BCUT2D eigenvalue weighted by atomic mass is 9.89. The van der Waals surface area contributed by atoms with Gasteiger partial charge in [0.1, 0.15) is 0 Å². The summed E-state index contributed by atoms with van der Waals surface area (Å²) in [6.45, 7) is 2.09. The lowest BCUT2D eigenvalue weighted by Gasteiger charge is -2.23. The van der Waals surface area contributed by atoms with Crippen LogP contribution in [0.1, 0.15) is 24.3 Å². The number of carbonyl (C=O) groups is 1. The number of urea groups is 1. The second-order valence-corrected chi connectivity index (χ2v) is 6.33. The molecule has 26 heavy (non-hydrogen) atoms. The first-order valence-corrected chi connectivity index (χ1v) is 8.73. The summed E-state index contributed by atoms with van der Waals surface area (Å²) in [6, 6.07) is 7.78. The topological polar surface area (TPSA) is 91.8 Å². The minimum absolute atomic E-state index is 0.356. The molecule has 4 rings (SSSR count). The molecule has 2 amide bonds. The fraction of sp³-hybridized carbons (Fsp3) is 0.263. The van der Waals surface area contributed by atoms with Crippen molar-refractivity contribution in [2.45, 2.75) is 18.8 Å². The number of benzene rings is 1. The van der Waals surface area contributed by atoms with E-state index in [1.165, 1.54) is 18.0 Å². The van der Waals surface area contributed by atoms with E-state index in [9.17, 15) is 4.79 Å². The minimum Gasteiger partial charge on any atom is -0.317 e. The zero-order valence-corrected chi connectivity index (χ0v) is 14.3. The van der Waals surface area contributed by atoms with Gasteiger partial charge in [-0.1, -0.05) is 6.07 Å². The highest BCUT2D eigenvalue weighted by Gasteiger charge is 2.16. The van der Waals surface area contributed by atoms with Crippen LogP contribution in [-0.2, 0) is 0 Å². The SMILES string of the molecule is O=C(Nc1cnccn1)Nc1ccnc2ccc(C3CCNCC3)cc12. The van der Waals surface area contributed by atoms with Crippen molar-refractivity contribution in [2.24, 2.45) is 0 Å². The number of aromatic nitrogens is 3. The Labute approximate surface area is 151 Å². The Morgan fingerprint density at radius 1 is 1.04 bits per heavy atom. The molecule has 1 saturated heterocycles. The highest BCUT2D eigenvalue weighted by Crippen LogP contribution is 2.30. The number of pyridine rings is 1. The number of piperidine rings is 1. The van der Waals surface area contributed by atoms with Gasteiger partial charge in [0, 0.05) is 24.0 Å². The van der Waals surface area contributed by atoms with E-state index in [0.29, 0.717) is 11.7 Å². The van der Waals surface area contributed by atoms with Gasteiger partial charge in [-0.15, -0.1) is 0 Å². The highest BCUT2D eigenvalue weighted by atomic mass is 16.2. The Hall–Kier alpha value is -3.06. The lowest BCUT2D eigenvalue weighted by molar-refractivity contribution is 0.262. The van der Waals surface area contributed by atoms with E-state index in [0.717, 1.165) is 42.5 Å². The summed E-state index contributed by atoms with van der Waals surface area (Å²) in [5, 5.41) is 9.91. The van der Waals surface area contributed by atoms with Gasteiger partial charge in [-0.2, -0.15) is 0 Å². The predicted molar refractivity (Wildman–Crippen MR) is 101 cm³/mol. The van der Waals surface area contributed by atoms with Gasteiger partial charge < -0.3 is 10.6 Å². The van der Waals surface area contributed by atoms with E-state index in [1.54, 1.807) is 12.4 Å². The Bertz CT molecular complexity index is 908. The molecule has 7 nitrogen and oxygen atoms in total. The third-order valence-electron chi connectivity index (χ3n) is 4.63. The lowest BCUT2D eigenvalue weighted by Crippen LogP contribution is -2.26. The number of hydrogen-bond acceptors (Lipinski definition) is 5. The van der Waals surface area contributed by atoms with Crippen LogP contribution in [0, 0.1) is 0 Å². The first-order valence-electron chi connectivity index (χ1n) is 8.73. The quantitative estimate of drug-likeness (QED) is 0.676. The smallest absolute Gasteiger partial charge is 0.317 e. The molecule has 0 radical (unpaired) electrons. The van der Waals surface area contributed by atoms with Crippen LogP contribution in [0.25, 0.3) is 10.9 Å². The van der Waals surface area contributed by atoms with Crippen molar-refractivity contribution in [3.05, 3.63) is 54.6 Å². The van der Waals surface area contributed by atoms with Gasteiger partial charge >= 0.3 is 6.03 Å². The average Bonchev–Trinajstić information content (AvgIpc) is 2.69. The summed E-state index contributed by atoms with van der Waals surface area (Å²) < 4.78 is 0. The number of hydrogen-bond donors (Lipinski definition) is 3. The van der Waals surface area contributed by atoms with Crippen LogP contribution in [0.4, 0.5) is 16.3 Å². The molecule has 3 heterocycles. The summed E-state index contributed by atoms with van der Waals surface area (Å²) in [5.74, 6) is 0.945. The van der Waals surface area contributed by atoms with Crippen molar-refractivity contribution in [1.82, 2.24) is 20.3 Å². The predicted octanol–water partition coefficient (Wildman–Crippen LogP) is 3.14. The average molecular weight is 348 g/mol. The fourth-order valence-corrected chi connectivity index (χ4v) is 3.32. The maximum atomic E-state index is 12.3. The summed E-state index contributed by atoms with van der Waals surface area (Å²) in [5.41, 5.74) is 2.89. The van der Waals surface area contributed by atoms with E-state index in [-0.39, 0.29) is 6.03 Å². The monoisotopic (exact) mass is 348 g/mol. The maximum absolute atomic E-state index is 12.3. The van der Waals surface area contributed by atoms with Gasteiger partial charge in [-0.3, -0.25) is 15.3 Å². The summed E-state index contributed by atoms with van der Waals surface area (Å²) in [4.78, 5) is 24.7. The molecule has 3 N–H and O–H groups in total. The molecule has 2 aromatic heterocycles. The van der Waals surface area contributed by atoms with Gasteiger partial charge in [-0.25, -0.2) is 9.78 Å². The summed E-state index contributed by atoms with van der Waals surface area (Å²) in [6.07, 6.45) is 8.54. The van der Waals surface area contributed by atoms with E-state index < -0.39 is 0 Å². The number of amides is 2. The molecular weight excluding hydrogens is 328 g/mol. The number of carbonyl (C=O) groups excluding carboxylic acids is 1. The van der Waals surface area contributed by atoms with Gasteiger partial charge in [0.15, 0.2) is 5.82 Å². The van der Waals surface area contributed by atoms with E-state index >= 15 is 0 Å². The molecule has 1 aromatic carbocycles. The zero-order valence-electron chi connectivity index (χ0n) is 14.3. The molecule has 0 spiro atoms. The Morgan fingerprint density at radius 3 is 2.73 bits per heavy atom. The molecule has 7 heteroatoms. The molecular formula is C19H20N6O. The molecule has 3 aromatic rings. The Kier molecular flexibility index (Phi) is 4.70. The standard InChI is InChI=1S/C19H20N6O/c26-19(25-18-12-21-9-10-23-18)24-17-5-8-22-16-2-1-14(11-15(16)17)13-3-6-20-7-4-13/h1-2,5,8-13,20H,3-4,6-7H2,(H2,22,23,24,25,26). The molecule has 0 atom stereocenters. The van der Waals surface area contributed by atoms with Crippen LogP contribution in [0.3, 0.4) is 0 Å². The summed E-state index contributed by atoms with van der Waals surface area (Å²) in [7, 11) is 0. The number of rotatable bonds is 3. The van der Waals surface area contributed by atoms with Gasteiger partial charge in [0.25, 0.3) is 0 Å². The second kappa shape index (κ2) is 7.45. The van der Waals surface area contributed by atoms with E-state index in [4.69, 9.17) is 0 Å². The number of nitrogens with zero attached hydrogens (tertiary/aromatic N) is 3. The van der Waals surface area contributed by atoms with E-state index in [2.05, 4.69) is 43.0 Å². The maximum Gasteiger partial charge on any atom is 0.324 e. The largest absolute Gasteiger partial charge is 0.324 e. The van der Waals surface area contributed by atoms with Crippen molar-refractivity contribution >= 4 is 28.4 Å². The molecule has 0 saturated carbocycles. The highest BCUT2D eigenvalue weighted by molar-refractivity contribution is 6.05. The van der Waals surface area contributed by atoms with Crippen molar-refractivity contribution in [3.8, 4) is 0 Å². The van der Waals surface area contributed by atoms with Crippen molar-refractivity contribution in [3.63, 3.8) is 0 Å². The third-order valence-corrected chi connectivity index (χ3v) is 4.63. The van der Waals surface area contributed by atoms with Crippen LogP contribution in [0.2, 0.25) is 0 Å². The molecule has 1 aliphatic heterocycles. The van der Waals surface area contributed by atoms with Gasteiger partial charge in [0.05, 0.1) is 17.4 Å². The van der Waals surface area contributed by atoms with Crippen LogP contribution >= 0.6 is 0 Å². The molecule has 0 unspecified atom stereocenters. The third kappa shape index (κ3) is 3.62. The number of anilines is 2. The van der Waals surface area contributed by atoms with Crippen molar-refractivity contribution < 1.29 is 4.79 Å². The van der Waals surface area contributed by atoms with Crippen LogP contribution in [-0.4, -0.2) is 34.1 Å². The molecule has 1 aliphatic rings. The summed E-state index contributed by atoms with van der Waals surface area (Å²) >= 11 is 0.